The van der Waals surface area contributed by atoms with Crippen molar-refractivity contribution < 1.29 is 13.9 Å². The minimum Gasteiger partial charge on any atom is -0.457 e. The highest BCUT2D eigenvalue weighted by molar-refractivity contribution is 6.20. The topological polar surface area (TPSA) is 68.1 Å². The van der Waals surface area contributed by atoms with Crippen LogP contribution in [0.5, 0.6) is 11.5 Å². The summed E-state index contributed by atoms with van der Waals surface area (Å²) in [6.45, 7) is 0. The molecule has 5 aromatic rings. The Kier molecular flexibility index (Phi) is 4.21. The van der Waals surface area contributed by atoms with Gasteiger partial charge in [0.2, 0.25) is 0 Å². The molecule has 0 saturated carbocycles. The number of ether oxygens (including phenoxy) is 1. The lowest BCUT2D eigenvalue weighted by Gasteiger charge is -2.09. The number of hydrogen-bond acceptors (Lipinski definition) is 2. The van der Waals surface area contributed by atoms with E-state index in [1.54, 1.807) is 30.3 Å². The first kappa shape index (κ1) is 17.9. The van der Waals surface area contributed by atoms with E-state index >= 15 is 0 Å². The van der Waals surface area contributed by atoms with Crippen molar-refractivity contribution in [2.45, 2.75) is 0 Å². The van der Waals surface area contributed by atoms with E-state index < -0.39 is 5.91 Å². The smallest absolute Gasteiger partial charge is 0.250 e. The zero-order valence-electron chi connectivity index (χ0n) is 15.9. The van der Waals surface area contributed by atoms with Gasteiger partial charge in [-0.2, -0.15) is 0 Å². The molecule has 3 N–H and O–H groups in total. The van der Waals surface area contributed by atoms with Gasteiger partial charge in [-0.05, 0) is 48.0 Å². The molecule has 0 unspecified atom stereocenters. The fraction of sp³-hybridized carbons (Fsp3) is 0. The third-order valence-electron chi connectivity index (χ3n) is 5.13. The Hall–Kier alpha value is -4.12. The highest BCUT2D eigenvalue weighted by atomic mass is 19.1. The minimum atomic E-state index is -0.549. The summed E-state index contributed by atoms with van der Waals surface area (Å²) in [6.07, 6.45) is 0. The van der Waals surface area contributed by atoms with Gasteiger partial charge in [-0.25, -0.2) is 4.39 Å². The maximum Gasteiger partial charge on any atom is 0.250 e. The normalized spacial score (nSPS) is 11.1. The number of nitrogens with two attached hydrogens (primary N) is 1. The van der Waals surface area contributed by atoms with E-state index in [4.69, 9.17) is 10.5 Å². The van der Waals surface area contributed by atoms with E-state index in [1.165, 1.54) is 6.07 Å². The lowest BCUT2D eigenvalue weighted by atomic mass is 9.96. The summed E-state index contributed by atoms with van der Waals surface area (Å²) in [5.41, 5.74) is 8.46. The standard InChI is InChI=1S/C25H17FN2O2/c26-21-9-5-4-8-17(21)18-11-12-19(25(27)29)24-23(18)20-14-16(10-13-22(20)28-24)30-15-6-2-1-3-7-15/h1-14,28H,(H2,27,29). The average molecular weight is 396 g/mol. The first-order valence-corrected chi connectivity index (χ1v) is 9.48. The van der Waals surface area contributed by atoms with Gasteiger partial charge in [0.25, 0.3) is 5.91 Å². The van der Waals surface area contributed by atoms with Crippen LogP contribution < -0.4 is 10.5 Å². The Morgan fingerprint density at radius 3 is 2.37 bits per heavy atom. The summed E-state index contributed by atoms with van der Waals surface area (Å²) in [7, 11) is 0. The first-order chi connectivity index (χ1) is 14.6. The number of primary amides is 1. The number of rotatable bonds is 4. The molecule has 146 valence electrons. The van der Waals surface area contributed by atoms with Crippen LogP contribution in [0.15, 0.2) is 84.9 Å². The molecule has 0 bridgehead atoms. The Bertz CT molecular complexity index is 1410. The van der Waals surface area contributed by atoms with Crippen molar-refractivity contribution in [3.8, 4) is 22.6 Å². The molecule has 0 spiro atoms. The number of halogens is 1. The second-order valence-electron chi connectivity index (χ2n) is 7.00. The third-order valence-corrected chi connectivity index (χ3v) is 5.13. The number of hydrogen-bond donors (Lipinski definition) is 2. The Morgan fingerprint density at radius 2 is 1.60 bits per heavy atom. The number of fused-ring (bicyclic) bond motifs is 3. The van der Waals surface area contributed by atoms with E-state index in [-0.39, 0.29) is 5.82 Å². The highest BCUT2D eigenvalue weighted by Crippen LogP contribution is 2.39. The highest BCUT2D eigenvalue weighted by Gasteiger charge is 2.18. The summed E-state index contributed by atoms with van der Waals surface area (Å²) >= 11 is 0. The number of para-hydroxylation sites is 1. The predicted octanol–water partition coefficient (Wildman–Crippen LogP) is 6.02. The molecule has 0 saturated heterocycles. The van der Waals surface area contributed by atoms with Gasteiger partial charge in [0.1, 0.15) is 17.3 Å². The SMILES string of the molecule is NC(=O)c1ccc(-c2ccccc2F)c2c1[nH]c1ccc(Oc3ccccc3)cc12. The third kappa shape index (κ3) is 2.97. The Morgan fingerprint density at radius 1 is 0.833 bits per heavy atom. The summed E-state index contributed by atoms with van der Waals surface area (Å²) in [4.78, 5) is 15.3. The van der Waals surface area contributed by atoms with Crippen molar-refractivity contribution in [1.29, 1.82) is 0 Å². The molecule has 1 aromatic heterocycles. The lowest BCUT2D eigenvalue weighted by molar-refractivity contribution is 0.100. The summed E-state index contributed by atoms with van der Waals surface area (Å²) in [5, 5.41) is 1.55. The molecule has 0 fully saturated rings. The summed E-state index contributed by atoms with van der Waals surface area (Å²) < 4.78 is 20.6. The zero-order valence-corrected chi connectivity index (χ0v) is 15.9. The van der Waals surface area contributed by atoms with Crippen molar-refractivity contribution in [2.75, 3.05) is 0 Å². The molecule has 5 heteroatoms. The molecule has 0 aliphatic carbocycles. The van der Waals surface area contributed by atoms with Crippen LogP contribution in [0, 0.1) is 5.82 Å². The Balaban J connectivity index is 1.79. The monoisotopic (exact) mass is 396 g/mol. The summed E-state index contributed by atoms with van der Waals surface area (Å²) in [5.74, 6) is 0.464. The van der Waals surface area contributed by atoms with Crippen molar-refractivity contribution >= 4 is 27.7 Å². The summed E-state index contributed by atoms with van der Waals surface area (Å²) in [6, 6.07) is 25.0. The van der Waals surface area contributed by atoms with E-state index in [0.717, 1.165) is 16.3 Å². The molecular formula is C25H17FN2O2. The molecule has 0 aliphatic rings. The molecule has 1 heterocycles. The van der Waals surface area contributed by atoms with Crippen LogP contribution in [0.4, 0.5) is 4.39 Å². The number of carbonyl (C=O) groups excluding carboxylic acids is 1. The largest absolute Gasteiger partial charge is 0.457 e. The van der Waals surface area contributed by atoms with Crippen molar-refractivity contribution in [1.82, 2.24) is 4.98 Å². The van der Waals surface area contributed by atoms with Crippen LogP contribution in [0.2, 0.25) is 0 Å². The number of amides is 1. The van der Waals surface area contributed by atoms with Crippen LogP contribution in [-0.4, -0.2) is 10.9 Å². The molecule has 4 aromatic carbocycles. The number of aromatic nitrogens is 1. The fourth-order valence-corrected chi connectivity index (χ4v) is 3.78. The quantitative estimate of drug-likeness (QED) is 0.390. The van der Waals surface area contributed by atoms with Crippen LogP contribution >= 0.6 is 0 Å². The molecule has 1 amide bonds. The van der Waals surface area contributed by atoms with Crippen molar-refractivity contribution in [3.05, 3.63) is 96.3 Å². The minimum absolute atomic E-state index is 0.336. The van der Waals surface area contributed by atoms with Gasteiger partial charge < -0.3 is 15.5 Å². The average Bonchev–Trinajstić information content (AvgIpc) is 3.13. The van der Waals surface area contributed by atoms with Gasteiger partial charge in [0.15, 0.2) is 0 Å². The zero-order chi connectivity index (χ0) is 20.7. The molecule has 30 heavy (non-hydrogen) atoms. The number of carbonyl (C=O) groups is 1. The lowest BCUT2D eigenvalue weighted by Crippen LogP contribution is -2.11. The molecule has 0 atom stereocenters. The van der Waals surface area contributed by atoms with Gasteiger partial charge in [0, 0.05) is 21.9 Å². The van der Waals surface area contributed by atoms with Gasteiger partial charge in [-0.15, -0.1) is 0 Å². The van der Waals surface area contributed by atoms with Gasteiger partial charge in [0.05, 0.1) is 11.1 Å². The van der Waals surface area contributed by atoms with Crippen molar-refractivity contribution in [2.24, 2.45) is 5.73 Å². The van der Waals surface area contributed by atoms with Gasteiger partial charge in [-0.1, -0.05) is 42.5 Å². The van der Waals surface area contributed by atoms with Gasteiger partial charge in [-0.3, -0.25) is 4.79 Å². The van der Waals surface area contributed by atoms with E-state index in [9.17, 15) is 9.18 Å². The molecule has 0 aliphatic heterocycles. The maximum atomic E-state index is 14.6. The Labute approximate surface area is 171 Å². The number of nitrogens with one attached hydrogen (secondary N) is 1. The molecule has 4 nitrogen and oxygen atoms in total. The van der Waals surface area contributed by atoms with E-state index in [1.807, 2.05) is 48.5 Å². The van der Waals surface area contributed by atoms with Crippen LogP contribution in [0.1, 0.15) is 10.4 Å². The fourth-order valence-electron chi connectivity index (χ4n) is 3.78. The van der Waals surface area contributed by atoms with E-state index in [0.29, 0.717) is 33.7 Å². The second-order valence-corrected chi connectivity index (χ2v) is 7.00. The maximum absolute atomic E-state index is 14.6. The van der Waals surface area contributed by atoms with Crippen LogP contribution in [0.25, 0.3) is 32.9 Å². The first-order valence-electron chi connectivity index (χ1n) is 9.48. The molecular weight excluding hydrogens is 379 g/mol. The number of benzene rings is 4. The number of H-pyrrole nitrogens is 1. The predicted molar refractivity (Wildman–Crippen MR) is 116 cm³/mol. The second kappa shape index (κ2) is 7.04. The number of aromatic amines is 1. The van der Waals surface area contributed by atoms with Crippen LogP contribution in [-0.2, 0) is 0 Å². The van der Waals surface area contributed by atoms with E-state index in [2.05, 4.69) is 4.98 Å². The molecule has 0 radical (unpaired) electrons. The van der Waals surface area contributed by atoms with Crippen molar-refractivity contribution in [3.63, 3.8) is 0 Å². The van der Waals surface area contributed by atoms with Crippen LogP contribution in [0.3, 0.4) is 0 Å². The van der Waals surface area contributed by atoms with Gasteiger partial charge >= 0.3 is 0 Å². The molecule has 5 rings (SSSR count).